The van der Waals surface area contributed by atoms with Gasteiger partial charge in [0.1, 0.15) is 17.5 Å². The van der Waals surface area contributed by atoms with Gasteiger partial charge in [-0.25, -0.2) is 4.98 Å². The zero-order valence-electron chi connectivity index (χ0n) is 18.5. The fourth-order valence-corrected chi connectivity index (χ4v) is 4.66. The molecular weight excluding hydrogens is 458 g/mol. The van der Waals surface area contributed by atoms with E-state index in [9.17, 15) is 9.59 Å². The lowest BCUT2D eigenvalue weighted by molar-refractivity contribution is -0.123. The van der Waals surface area contributed by atoms with Crippen LogP contribution in [0.2, 0.25) is 0 Å². The third-order valence-electron chi connectivity index (χ3n) is 5.24. The minimum Gasteiger partial charge on any atom is -0.441 e. The Hall–Kier alpha value is -3.24. The Morgan fingerprint density at radius 1 is 1.24 bits per heavy atom. The number of rotatable bonds is 6. The molecule has 0 bridgehead atoms. The molecule has 2 aromatic heterocycles. The molecule has 1 aliphatic heterocycles. The Bertz CT molecular complexity index is 1200. The van der Waals surface area contributed by atoms with Gasteiger partial charge in [-0.1, -0.05) is 6.07 Å². The van der Waals surface area contributed by atoms with Gasteiger partial charge in [0.25, 0.3) is 5.91 Å². The molecule has 3 heterocycles. The molecule has 1 aliphatic rings. The van der Waals surface area contributed by atoms with Gasteiger partial charge in [0.2, 0.25) is 11.8 Å². The highest BCUT2D eigenvalue weighted by molar-refractivity contribution is 7.80. The Morgan fingerprint density at radius 3 is 2.79 bits per heavy atom. The first kappa shape index (κ1) is 22.9. The van der Waals surface area contributed by atoms with Crippen LogP contribution < -0.4 is 21.3 Å². The number of aromatic nitrogens is 1. The maximum atomic E-state index is 12.6. The van der Waals surface area contributed by atoms with Crippen molar-refractivity contribution in [1.82, 2.24) is 20.9 Å². The molecule has 0 unspecified atom stereocenters. The number of hydrogen-bond donors (Lipinski definition) is 4. The van der Waals surface area contributed by atoms with Crippen molar-refractivity contribution in [2.75, 3.05) is 5.32 Å². The lowest BCUT2D eigenvalue weighted by Gasteiger charge is -2.30. The molecule has 2 atom stereocenters. The number of benzene rings is 1. The summed E-state index contributed by atoms with van der Waals surface area (Å²) in [5.41, 5.74) is 2.03. The summed E-state index contributed by atoms with van der Waals surface area (Å²) in [4.78, 5) is 31.3. The molecule has 0 aliphatic carbocycles. The first-order valence-electron chi connectivity index (χ1n) is 10.6. The first-order chi connectivity index (χ1) is 15.8. The number of oxazole rings is 1. The number of aryl methyl sites for hydroxylation is 2. The smallest absolute Gasteiger partial charge is 0.265 e. The van der Waals surface area contributed by atoms with Crippen LogP contribution in [0.25, 0.3) is 11.5 Å². The second kappa shape index (κ2) is 9.72. The third-order valence-corrected chi connectivity index (χ3v) is 6.48. The van der Waals surface area contributed by atoms with Gasteiger partial charge in [-0.15, -0.1) is 11.3 Å². The minimum absolute atomic E-state index is 0.131. The van der Waals surface area contributed by atoms with Crippen molar-refractivity contribution in [3.05, 3.63) is 57.6 Å². The number of nitrogens with one attached hydrogen (secondary N) is 4. The van der Waals surface area contributed by atoms with Crippen molar-refractivity contribution < 1.29 is 14.0 Å². The van der Waals surface area contributed by atoms with E-state index in [0.717, 1.165) is 10.4 Å². The molecule has 33 heavy (non-hydrogen) atoms. The predicted molar refractivity (Wildman–Crippen MR) is 132 cm³/mol. The molecule has 1 saturated heterocycles. The zero-order valence-corrected chi connectivity index (χ0v) is 20.2. The average Bonchev–Trinajstić information content (AvgIpc) is 3.37. The van der Waals surface area contributed by atoms with Crippen molar-refractivity contribution in [3.63, 3.8) is 0 Å². The fraction of sp³-hybridized carbons (Fsp3) is 0.304. The Balaban J connectivity index is 1.41. The van der Waals surface area contributed by atoms with Crippen LogP contribution in [0.1, 0.15) is 39.3 Å². The second-order valence-electron chi connectivity index (χ2n) is 7.99. The summed E-state index contributed by atoms with van der Waals surface area (Å²) < 4.78 is 5.84. The highest BCUT2D eigenvalue weighted by Gasteiger charge is 2.26. The van der Waals surface area contributed by atoms with Crippen molar-refractivity contribution in [2.45, 2.75) is 45.8 Å². The Kier molecular flexibility index (Phi) is 6.75. The summed E-state index contributed by atoms with van der Waals surface area (Å²) in [6, 6.07) is 10.8. The molecule has 1 fully saturated rings. The van der Waals surface area contributed by atoms with Gasteiger partial charge in [0.15, 0.2) is 5.11 Å². The monoisotopic (exact) mass is 483 g/mol. The Labute approximate surface area is 201 Å². The number of hydrogen-bond acceptors (Lipinski definition) is 6. The molecule has 1 aromatic carbocycles. The predicted octanol–water partition coefficient (Wildman–Crippen LogP) is 3.51. The molecular formula is C23H25N5O3S2. The summed E-state index contributed by atoms with van der Waals surface area (Å²) >= 11 is 6.59. The van der Waals surface area contributed by atoms with Crippen LogP contribution in [-0.4, -0.2) is 34.0 Å². The second-order valence-corrected chi connectivity index (χ2v) is 9.69. The molecule has 2 amide bonds. The highest BCUT2D eigenvalue weighted by atomic mass is 32.1. The van der Waals surface area contributed by atoms with Crippen LogP contribution in [0, 0.1) is 13.8 Å². The van der Waals surface area contributed by atoms with Gasteiger partial charge in [-0.05, 0) is 69.7 Å². The van der Waals surface area contributed by atoms with Gasteiger partial charge in [-0.2, -0.15) is 0 Å². The third kappa shape index (κ3) is 5.58. The number of carbonyl (C=O) groups is 2. The van der Waals surface area contributed by atoms with Crippen molar-refractivity contribution in [2.24, 2.45) is 0 Å². The van der Waals surface area contributed by atoms with Gasteiger partial charge in [0.05, 0.1) is 11.4 Å². The molecule has 10 heteroatoms. The van der Waals surface area contributed by atoms with Gasteiger partial charge >= 0.3 is 0 Å². The summed E-state index contributed by atoms with van der Waals surface area (Å²) in [7, 11) is 0. The Morgan fingerprint density at radius 2 is 2.06 bits per heavy atom. The van der Waals surface area contributed by atoms with Crippen LogP contribution in [-0.2, 0) is 11.3 Å². The van der Waals surface area contributed by atoms with E-state index in [1.54, 1.807) is 0 Å². The molecule has 4 rings (SSSR count). The van der Waals surface area contributed by atoms with Crippen LogP contribution in [0.15, 0.2) is 40.8 Å². The van der Waals surface area contributed by atoms with E-state index in [1.165, 1.54) is 11.3 Å². The summed E-state index contributed by atoms with van der Waals surface area (Å²) in [5.74, 6) is 0.756. The van der Waals surface area contributed by atoms with E-state index in [1.807, 2.05) is 57.2 Å². The normalized spacial score (nSPS) is 17.7. The lowest BCUT2D eigenvalue weighted by atomic mass is 10.1. The van der Waals surface area contributed by atoms with Gasteiger partial charge < -0.3 is 25.7 Å². The molecule has 0 spiro atoms. The zero-order chi connectivity index (χ0) is 23.5. The minimum atomic E-state index is -0.382. The maximum absolute atomic E-state index is 12.6. The number of thiophene rings is 1. The topological polar surface area (TPSA) is 108 Å². The van der Waals surface area contributed by atoms with Crippen LogP contribution in [0.4, 0.5) is 5.69 Å². The molecule has 0 radical (unpaired) electrons. The molecule has 0 saturated carbocycles. The van der Waals surface area contributed by atoms with E-state index in [2.05, 4.69) is 26.3 Å². The first-order valence-corrected chi connectivity index (χ1v) is 11.8. The quantitative estimate of drug-likeness (QED) is 0.397. The number of carbonyl (C=O) groups excluding carboxylic acids is 2. The van der Waals surface area contributed by atoms with Crippen molar-refractivity contribution in [1.29, 1.82) is 0 Å². The van der Waals surface area contributed by atoms with Crippen LogP contribution >= 0.6 is 23.6 Å². The van der Waals surface area contributed by atoms with Gasteiger partial charge in [-0.3, -0.25) is 9.59 Å². The maximum Gasteiger partial charge on any atom is 0.265 e. The van der Waals surface area contributed by atoms with Crippen LogP contribution in [0.5, 0.6) is 0 Å². The summed E-state index contributed by atoms with van der Waals surface area (Å²) in [6.07, 6.45) is 0.637. The lowest BCUT2D eigenvalue weighted by Crippen LogP contribution is -2.58. The fourth-order valence-electron chi connectivity index (χ4n) is 3.56. The number of thiocarbonyl (C=S) groups is 1. The molecule has 172 valence electrons. The highest BCUT2D eigenvalue weighted by Crippen LogP contribution is 2.25. The van der Waals surface area contributed by atoms with Crippen LogP contribution in [0.3, 0.4) is 0 Å². The average molecular weight is 484 g/mol. The van der Waals surface area contributed by atoms with E-state index in [-0.39, 0.29) is 30.4 Å². The number of amides is 2. The standard InChI is InChI=1S/C23H25N5O3S2/c1-12-9-17(28-23(32)25-12)20(29)24-11-18-14(3)31-22(27-18)15-5-4-6-16(10-15)26-21(30)19-8-7-13(2)33-19/h4-8,10,12,17H,9,11H2,1-3H3,(H,24,29)(H,26,30)(H2,25,28,32)/t12-,17+/m1/s1. The largest absolute Gasteiger partial charge is 0.441 e. The molecule has 3 aromatic rings. The van der Waals surface area contributed by atoms with Crippen molar-refractivity contribution in [3.8, 4) is 11.5 Å². The van der Waals surface area contributed by atoms with E-state index >= 15 is 0 Å². The van der Waals surface area contributed by atoms with E-state index < -0.39 is 0 Å². The molecule has 8 nitrogen and oxygen atoms in total. The van der Waals surface area contributed by atoms with E-state index in [4.69, 9.17) is 16.6 Å². The SMILES string of the molecule is Cc1ccc(C(=O)Nc2cccc(-c3nc(CNC(=O)[C@@H]4C[C@@H](C)NC(=S)N4)c(C)o3)c2)s1. The summed E-state index contributed by atoms with van der Waals surface area (Å²) in [6.45, 7) is 6.00. The van der Waals surface area contributed by atoms with Crippen molar-refractivity contribution >= 4 is 46.2 Å². The molecule has 4 N–H and O–H groups in total. The van der Waals surface area contributed by atoms with E-state index in [0.29, 0.717) is 39.4 Å². The number of nitrogens with zero attached hydrogens (tertiary/aromatic N) is 1. The number of anilines is 1. The summed E-state index contributed by atoms with van der Waals surface area (Å²) in [5, 5.41) is 12.4. The van der Waals surface area contributed by atoms with Gasteiger partial charge in [0, 0.05) is 22.2 Å².